The van der Waals surface area contributed by atoms with Crippen LogP contribution in [0.5, 0.6) is 0 Å². The summed E-state index contributed by atoms with van der Waals surface area (Å²) in [4.78, 5) is 36.7. The Morgan fingerprint density at radius 2 is 1.89 bits per heavy atom. The molecule has 0 bridgehead atoms. The monoisotopic (exact) mass is 377 g/mol. The highest BCUT2D eigenvalue weighted by atomic mass is 16.6. The first-order chi connectivity index (χ1) is 12.8. The van der Waals surface area contributed by atoms with E-state index in [2.05, 4.69) is 5.32 Å². The molecule has 0 saturated carbocycles. The average molecular weight is 377 g/mol. The lowest BCUT2D eigenvalue weighted by Crippen LogP contribution is -2.40. The van der Waals surface area contributed by atoms with Gasteiger partial charge >= 0.3 is 5.97 Å². The third kappa shape index (κ3) is 5.67. The molecule has 1 heterocycles. The Balaban J connectivity index is 1.83. The first-order valence-corrected chi connectivity index (χ1v) is 9.24. The number of piperidine rings is 1. The van der Waals surface area contributed by atoms with Gasteiger partial charge in [0.15, 0.2) is 6.61 Å². The van der Waals surface area contributed by atoms with Crippen molar-refractivity contribution >= 4 is 23.3 Å². The van der Waals surface area contributed by atoms with Crippen molar-refractivity contribution < 1.29 is 19.2 Å². The van der Waals surface area contributed by atoms with E-state index >= 15 is 0 Å². The van der Waals surface area contributed by atoms with Crippen molar-refractivity contribution in [1.29, 1.82) is 0 Å². The highest BCUT2D eigenvalue weighted by Gasteiger charge is 2.29. The number of nitrogens with zero attached hydrogens (tertiary/aromatic N) is 2. The maximum absolute atomic E-state index is 12.2. The van der Waals surface area contributed by atoms with E-state index in [1.165, 1.54) is 6.07 Å². The van der Waals surface area contributed by atoms with Crippen LogP contribution in [0.25, 0.3) is 0 Å². The second-order valence-electron chi connectivity index (χ2n) is 7.22. The Labute approximate surface area is 159 Å². The minimum atomic E-state index is -0.396. The largest absolute Gasteiger partial charge is 0.455 e. The van der Waals surface area contributed by atoms with Gasteiger partial charge in [0.05, 0.1) is 10.8 Å². The molecule has 8 nitrogen and oxygen atoms in total. The molecule has 27 heavy (non-hydrogen) atoms. The standard InChI is InChI=1S/C19H27N3O5/c1-13(2)14(3)20-18(23)12-27-19(24)15-8-10-21(11-9-15)16-6-4-5-7-17(16)22(25)26/h4-7,13-15H,8-12H2,1-3H3,(H,20,23). The summed E-state index contributed by atoms with van der Waals surface area (Å²) in [5.74, 6) is -0.679. The summed E-state index contributed by atoms with van der Waals surface area (Å²) in [7, 11) is 0. The van der Waals surface area contributed by atoms with E-state index in [0.29, 0.717) is 37.5 Å². The summed E-state index contributed by atoms with van der Waals surface area (Å²) >= 11 is 0. The summed E-state index contributed by atoms with van der Waals surface area (Å²) in [5, 5.41) is 14.0. The van der Waals surface area contributed by atoms with Crippen molar-refractivity contribution in [3.8, 4) is 0 Å². The molecule has 1 aliphatic heterocycles. The zero-order valence-electron chi connectivity index (χ0n) is 16.0. The maximum atomic E-state index is 12.2. The number of ether oxygens (including phenoxy) is 1. The molecule has 0 radical (unpaired) electrons. The van der Waals surface area contributed by atoms with Gasteiger partial charge in [-0.3, -0.25) is 19.7 Å². The summed E-state index contributed by atoms with van der Waals surface area (Å²) in [5.41, 5.74) is 0.630. The fourth-order valence-corrected chi connectivity index (χ4v) is 2.96. The minimum absolute atomic E-state index is 0.0149. The zero-order valence-corrected chi connectivity index (χ0v) is 16.0. The van der Waals surface area contributed by atoms with Crippen LogP contribution >= 0.6 is 0 Å². The zero-order chi connectivity index (χ0) is 20.0. The molecule has 1 amide bonds. The van der Waals surface area contributed by atoms with E-state index in [0.717, 1.165) is 0 Å². The number of nitro groups is 1. The van der Waals surface area contributed by atoms with Crippen LogP contribution in [0.15, 0.2) is 24.3 Å². The van der Waals surface area contributed by atoms with Crippen molar-refractivity contribution in [2.75, 3.05) is 24.6 Å². The normalized spacial score (nSPS) is 16.1. The van der Waals surface area contributed by atoms with E-state index in [9.17, 15) is 19.7 Å². The van der Waals surface area contributed by atoms with Crippen LogP contribution in [0.3, 0.4) is 0 Å². The third-order valence-electron chi connectivity index (χ3n) is 4.98. The molecular formula is C19H27N3O5. The number of esters is 1. The topological polar surface area (TPSA) is 102 Å². The first-order valence-electron chi connectivity index (χ1n) is 9.24. The van der Waals surface area contributed by atoms with Crippen LogP contribution < -0.4 is 10.2 Å². The van der Waals surface area contributed by atoms with E-state index in [-0.39, 0.29) is 36.1 Å². The first kappa shape index (κ1) is 20.7. The molecule has 1 aromatic carbocycles. The van der Waals surface area contributed by atoms with Crippen molar-refractivity contribution in [2.24, 2.45) is 11.8 Å². The predicted molar refractivity (Wildman–Crippen MR) is 101 cm³/mol. The summed E-state index contributed by atoms with van der Waals surface area (Å²) in [6.07, 6.45) is 1.07. The van der Waals surface area contributed by atoms with Gasteiger partial charge < -0.3 is 15.0 Å². The quantitative estimate of drug-likeness (QED) is 0.445. The number of nitrogens with one attached hydrogen (secondary N) is 1. The number of nitro benzene ring substituents is 1. The molecule has 0 aliphatic carbocycles. The average Bonchev–Trinajstić information content (AvgIpc) is 2.66. The lowest BCUT2D eigenvalue weighted by molar-refractivity contribution is -0.384. The summed E-state index contributed by atoms with van der Waals surface area (Å²) < 4.78 is 5.15. The van der Waals surface area contributed by atoms with Crippen LogP contribution in [-0.4, -0.2) is 42.5 Å². The van der Waals surface area contributed by atoms with Crippen LogP contribution in [0, 0.1) is 22.0 Å². The van der Waals surface area contributed by atoms with Gasteiger partial charge in [-0.1, -0.05) is 26.0 Å². The molecule has 1 atom stereocenters. The van der Waals surface area contributed by atoms with Crippen molar-refractivity contribution in [1.82, 2.24) is 5.32 Å². The molecule has 1 unspecified atom stereocenters. The number of para-hydroxylation sites is 2. The van der Waals surface area contributed by atoms with Crippen LogP contribution in [0.1, 0.15) is 33.6 Å². The minimum Gasteiger partial charge on any atom is -0.455 e. The highest BCUT2D eigenvalue weighted by molar-refractivity contribution is 5.81. The number of hydrogen-bond acceptors (Lipinski definition) is 6. The van der Waals surface area contributed by atoms with Gasteiger partial charge in [-0.05, 0) is 31.7 Å². The SMILES string of the molecule is CC(C)C(C)NC(=O)COC(=O)C1CCN(c2ccccc2[N+](=O)[O-])CC1. The number of amides is 1. The lowest BCUT2D eigenvalue weighted by Gasteiger charge is -2.32. The van der Waals surface area contributed by atoms with E-state index < -0.39 is 4.92 Å². The van der Waals surface area contributed by atoms with Gasteiger partial charge in [-0.2, -0.15) is 0 Å². The Bertz CT molecular complexity index is 684. The molecule has 1 aliphatic rings. The number of benzene rings is 1. The van der Waals surface area contributed by atoms with Crippen LogP contribution in [0.2, 0.25) is 0 Å². The van der Waals surface area contributed by atoms with Crippen molar-refractivity contribution in [3.05, 3.63) is 34.4 Å². The lowest BCUT2D eigenvalue weighted by atomic mass is 9.96. The van der Waals surface area contributed by atoms with Gasteiger partial charge in [0.25, 0.3) is 11.6 Å². The Morgan fingerprint density at radius 3 is 2.48 bits per heavy atom. The second-order valence-corrected chi connectivity index (χ2v) is 7.22. The van der Waals surface area contributed by atoms with Gasteiger partial charge in [0, 0.05) is 25.2 Å². The molecule has 8 heteroatoms. The Kier molecular flexibility index (Phi) is 7.15. The van der Waals surface area contributed by atoms with E-state index in [1.807, 2.05) is 25.7 Å². The molecular weight excluding hydrogens is 350 g/mol. The molecule has 1 aromatic rings. The van der Waals surface area contributed by atoms with E-state index in [1.54, 1.807) is 18.2 Å². The van der Waals surface area contributed by atoms with Gasteiger partial charge in [0.1, 0.15) is 5.69 Å². The maximum Gasteiger partial charge on any atom is 0.309 e. The fraction of sp³-hybridized carbons (Fsp3) is 0.579. The van der Waals surface area contributed by atoms with Gasteiger partial charge in [-0.15, -0.1) is 0 Å². The number of anilines is 1. The number of hydrogen-bond donors (Lipinski definition) is 1. The Hall–Kier alpha value is -2.64. The van der Waals surface area contributed by atoms with Crippen molar-refractivity contribution in [3.63, 3.8) is 0 Å². The molecule has 0 spiro atoms. The number of rotatable bonds is 7. The Morgan fingerprint density at radius 1 is 1.26 bits per heavy atom. The highest BCUT2D eigenvalue weighted by Crippen LogP contribution is 2.31. The van der Waals surface area contributed by atoms with Crippen LogP contribution in [-0.2, 0) is 14.3 Å². The number of carbonyl (C=O) groups excluding carboxylic acids is 2. The summed E-state index contributed by atoms with van der Waals surface area (Å²) in [6, 6.07) is 6.61. The van der Waals surface area contributed by atoms with Gasteiger partial charge in [-0.25, -0.2) is 0 Å². The third-order valence-corrected chi connectivity index (χ3v) is 4.98. The molecule has 2 rings (SSSR count). The van der Waals surface area contributed by atoms with Gasteiger partial charge in [0.2, 0.25) is 0 Å². The summed E-state index contributed by atoms with van der Waals surface area (Å²) in [6.45, 7) is 6.69. The molecule has 1 fully saturated rings. The predicted octanol–water partition coefficient (Wildman–Crippen LogP) is 2.52. The molecule has 1 N–H and O–H groups in total. The fourth-order valence-electron chi connectivity index (χ4n) is 2.96. The molecule has 148 valence electrons. The number of carbonyl (C=O) groups is 2. The smallest absolute Gasteiger partial charge is 0.309 e. The second kappa shape index (κ2) is 9.34. The van der Waals surface area contributed by atoms with Crippen LogP contribution in [0.4, 0.5) is 11.4 Å². The molecule has 0 aromatic heterocycles. The molecule has 1 saturated heterocycles. The van der Waals surface area contributed by atoms with Crippen molar-refractivity contribution in [2.45, 2.75) is 39.7 Å². The van der Waals surface area contributed by atoms with E-state index in [4.69, 9.17) is 4.74 Å².